The summed E-state index contributed by atoms with van der Waals surface area (Å²) in [6, 6.07) is -0.544. The predicted octanol–water partition coefficient (Wildman–Crippen LogP) is -0.488. The van der Waals surface area contributed by atoms with Gasteiger partial charge < -0.3 is 11.1 Å². The van der Waals surface area contributed by atoms with Crippen molar-refractivity contribution in [1.82, 2.24) is 9.62 Å². The second-order valence-electron chi connectivity index (χ2n) is 4.14. The highest BCUT2D eigenvalue weighted by Gasteiger charge is 2.16. The van der Waals surface area contributed by atoms with Crippen LogP contribution in [0.5, 0.6) is 0 Å². The first-order valence-corrected chi connectivity index (χ1v) is 7.35. The van der Waals surface area contributed by atoms with Crippen LogP contribution in [-0.4, -0.2) is 51.1 Å². The lowest BCUT2D eigenvalue weighted by Crippen LogP contribution is -2.43. The minimum absolute atomic E-state index is 0.0964. The van der Waals surface area contributed by atoms with Gasteiger partial charge in [0.2, 0.25) is 15.9 Å². The molecule has 0 aromatic carbocycles. The smallest absolute Gasteiger partial charge is 0.236 e. The maximum absolute atomic E-state index is 11.5. The predicted molar refractivity (Wildman–Crippen MR) is 68.0 cm³/mol. The fourth-order valence-corrected chi connectivity index (χ4v) is 1.90. The molecule has 0 radical (unpaired) electrons. The van der Waals surface area contributed by atoms with E-state index in [0.717, 1.165) is 17.1 Å². The van der Waals surface area contributed by atoms with Crippen LogP contribution in [-0.2, 0) is 14.8 Å². The van der Waals surface area contributed by atoms with Crippen LogP contribution in [0.3, 0.4) is 0 Å². The number of amides is 1. The van der Waals surface area contributed by atoms with Crippen molar-refractivity contribution in [3.05, 3.63) is 0 Å². The Bertz CT molecular complexity index is 328. The Morgan fingerprint density at radius 2 is 2.00 bits per heavy atom. The highest BCUT2D eigenvalue weighted by atomic mass is 32.2. The first kappa shape index (κ1) is 16.3. The zero-order chi connectivity index (χ0) is 13.5. The second-order valence-corrected chi connectivity index (χ2v) is 6.44. The van der Waals surface area contributed by atoms with Crippen LogP contribution in [0.15, 0.2) is 0 Å². The quantitative estimate of drug-likeness (QED) is 0.619. The molecule has 0 rings (SSSR count). The number of nitrogens with zero attached hydrogens (tertiary/aromatic N) is 1. The van der Waals surface area contributed by atoms with Crippen molar-refractivity contribution >= 4 is 15.9 Å². The Morgan fingerprint density at radius 1 is 1.41 bits per heavy atom. The van der Waals surface area contributed by atoms with Gasteiger partial charge in [0.1, 0.15) is 0 Å². The van der Waals surface area contributed by atoms with E-state index in [1.807, 2.05) is 6.92 Å². The molecule has 0 fully saturated rings. The number of hydrogen-bond acceptors (Lipinski definition) is 4. The monoisotopic (exact) mass is 265 g/mol. The summed E-state index contributed by atoms with van der Waals surface area (Å²) in [6.07, 6.45) is 2.50. The highest BCUT2D eigenvalue weighted by molar-refractivity contribution is 7.89. The number of carbonyl (C=O) groups is 1. The summed E-state index contributed by atoms with van der Waals surface area (Å²) < 4.78 is 23.9. The third-order valence-electron chi connectivity index (χ3n) is 2.42. The van der Waals surface area contributed by atoms with Crippen molar-refractivity contribution in [1.29, 1.82) is 0 Å². The largest absolute Gasteiger partial charge is 0.354 e. The molecule has 0 aromatic rings. The van der Waals surface area contributed by atoms with E-state index in [9.17, 15) is 13.2 Å². The number of unbranched alkanes of at least 4 members (excludes halogenated alkanes) is 1. The average Bonchev–Trinajstić information content (AvgIpc) is 2.25. The van der Waals surface area contributed by atoms with Crippen molar-refractivity contribution in [2.24, 2.45) is 5.73 Å². The maximum atomic E-state index is 11.5. The van der Waals surface area contributed by atoms with Gasteiger partial charge in [-0.15, -0.1) is 0 Å². The number of rotatable bonds is 8. The van der Waals surface area contributed by atoms with Crippen LogP contribution in [0.4, 0.5) is 0 Å². The minimum atomic E-state index is -3.26. The molecule has 0 heterocycles. The molecule has 0 bridgehead atoms. The Hall–Kier alpha value is -0.660. The summed E-state index contributed by atoms with van der Waals surface area (Å²) in [6.45, 7) is 2.12. The molecule has 7 heteroatoms. The van der Waals surface area contributed by atoms with Gasteiger partial charge in [-0.1, -0.05) is 19.8 Å². The number of nitrogens with two attached hydrogens (primary N) is 1. The van der Waals surface area contributed by atoms with E-state index in [-0.39, 0.29) is 18.2 Å². The van der Waals surface area contributed by atoms with Gasteiger partial charge in [-0.3, -0.25) is 4.79 Å². The molecule has 1 atom stereocenters. The molecule has 0 aliphatic heterocycles. The third kappa shape index (κ3) is 6.60. The fourth-order valence-electron chi connectivity index (χ4n) is 1.17. The zero-order valence-corrected chi connectivity index (χ0v) is 11.6. The first-order chi connectivity index (χ1) is 7.81. The molecule has 0 saturated carbocycles. The molecule has 1 amide bonds. The van der Waals surface area contributed by atoms with Gasteiger partial charge in [-0.05, 0) is 6.42 Å². The molecule has 0 saturated heterocycles. The number of carbonyl (C=O) groups excluding carboxylic acids is 1. The van der Waals surface area contributed by atoms with Crippen LogP contribution >= 0.6 is 0 Å². The summed E-state index contributed by atoms with van der Waals surface area (Å²) in [4.78, 5) is 11.5. The van der Waals surface area contributed by atoms with Gasteiger partial charge in [-0.2, -0.15) is 0 Å². The van der Waals surface area contributed by atoms with Crippen LogP contribution in [0, 0.1) is 0 Å². The lowest BCUT2D eigenvalue weighted by molar-refractivity contribution is -0.122. The fraction of sp³-hybridized carbons (Fsp3) is 0.900. The van der Waals surface area contributed by atoms with Crippen molar-refractivity contribution < 1.29 is 13.2 Å². The van der Waals surface area contributed by atoms with Crippen molar-refractivity contribution in [3.63, 3.8) is 0 Å². The van der Waals surface area contributed by atoms with E-state index in [1.165, 1.54) is 14.1 Å². The van der Waals surface area contributed by atoms with E-state index < -0.39 is 16.1 Å². The number of sulfonamides is 1. The number of nitrogens with one attached hydrogen (secondary N) is 1. The summed E-state index contributed by atoms with van der Waals surface area (Å²) >= 11 is 0. The van der Waals surface area contributed by atoms with E-state index in [1.54, 1.807) is 0 Å². The van der Waals surface area contributed by atoms with Crippen molar-refractivity contribution in [2.75, 3.05) is 26.4 Å². The Balaban J connectivity index is 3.93. The zero-order valence-electron chi connectivity index (χ0n) is 10.8. The SMILES string of the molecule is CCCCC(N)C(=O)NCCS(=O)(=O)N(C)C. The van der Waals surface area contributed by atoms with E-state index in [0.29, 0.717) is 6.42 Å². The lowest BCUT2D eigenvalue weighted by atomic mass is 10.1. The van der Waals surface area contributed by atoms with Gasteiger partial charge in [0, 0.05) is 20.6 Å². The number of hydrogen-bond donors (Lipinski definition) is 2. The normalized spacial score (nSPS) is 13.7. The van der Waals surface area contributed by atoms with Crippen LogP contribution in [0.2, 0.25) is 0 Å². The van der Waals surface area contributed by atoms with Gasteiger partial charge in [0.05, 0.1) is 11.8 Å². The van der Waals surface area contributed by atoms with Gasteiger partial charge >= 0.3 is 0 Å². The van der Waals surface area contributed by atoms with E-state index in [2.05, 4.69) is 5.32 Å². The first-order valence-electron chi connectivity index (χ1n) is 5.74. The lowest BCUT2D eigenvalue weighted by Gasteiger charge is -2.14. The molecular weight excluding hydrogens is 242 g/mol. The Kier molecular flexibility index (Phi) is 7.33. The van der Waals surface area contributed by atoms with Crippen molar-refractivity contribution in [2.45, 2.75) is 32.2 Å². The molecule has 0 aliphatic rings. The van der Waals surface area contributed by atoms with Crippen LogP contribution < -0.4 is 11.1 Å². The maximum Gasteiger partial charge on any atom is 0.236 e. The second kappa shape index (κ2) is 7.62. The van der Waals surface area contributed by atoms with Gasteiger partial charge in [-0.25, -0.2) is 12.7 Å². The summed E-state index contributed by atoms with van der Waals surface area (Å²) in [7, 11) is -0.334. The molecule has 1 unspecified atom stereocenters. The molecule has 17 heavy (non-hydrogen) atoms. The Morgan fingerprint density at radius 3 is 2.47 bits per heavy atom. The Labute approximate surface area is 104 Å². The van der Waals surface area contributed by atoms with Crippen LogP contribution in [0.25, 0.3) is 0 Å². The minimum Gasteiger partial charge on any atom is -0.354 e. The molecule has 0 spiro atoms. The van der Waals surface area contributed by atoms with Gasteiger partial charge in [0.25, 0.3) is 0 Å². The standard InChI is InChI=1S/C10H23N3O3S/c1-4-5-6-9(11)10(14)12-7-8-17(15,16)13(2)3/h9H,4-8,11H2,1-3H3,(H,12,14). The summed E-state index contributed by atoms with van der Waals surface area (Å²) in [5, 5.41) is 2.53. The summed E-state index contributed by atoms with van der Waals surface area (Å²) in [5.74, 6) is -0.390. The highest BCUT2D eigenvalue weighted by Crippen LogP contribution is 1.98. The molecular formula is C10H23N3O3S. The van der Waals surface area contributed by atoms with E-state index >= 15 is 0 Å². The molecule has 3 N–H and O–H groups in total. The molecule has 102 valence electrons. The van der Waals surface area contributed by atoms with E-state index in [4.69, 9.17) is 5.73 Å². The summed E-state index contributed by atoms with van der Waals surface area (Å²) in [5.41, 5.74) is 5.64. The molecule has 6 nitrogen and oxygen atoms in total. The third-order valence-corrected chi connectivity index (χ3v) is 4.25. The van der Waals surface area contributed by atoms with Crippen molar-refractivity contribution in [3.8, 4) is 0 Å². The topological polar surface area (TPSA) is 92.5 Å². The van der Waals surface area contributed by atoms with Crippen LogP contribution in [0.1, 0.15) is 26.2 Å². The molecule has 0 aromatic heterocycles. The molecule has 0 aliphatic carbocycles. The van der Waals surface area contributed by atoms with Gasteiger partial charge in [0.15, 0.2) is 0 Å². The average molecular weight is 265 g/mol.